The van der Waals surface area contributed by atoms with Gasteiger partial charge in [-0.3, -0.25) is 0 Å². The van der Waals surface area contributed by atoms with E-state index in [9.17, 15) is 0 Å². The van der Waals surface area contributed by atoms with Gasteiger partial charge in [0.05, 0.1) is 12.1 Å². The SMILES string of the molecule is C=C(/C=C(/OC)C(=C)Cl)CN.CCC. The monoisotopic (exact) mass is 217 g/mol. The Hall–Kier alpha value is -0.730. The third-order valence-corrected chi connectivity index (χ3v) is 1.27. The highest BCUT2D eigenvalue weighted by Gasteiger charge is 1.98. The third-order valence-electron chi connectivity index (χ3n) is 1.08. The number of rotatable bonds is 4. The Bertz CT molecular complexity index is 209. The quantitative estimate of drug-likeness (QED) is 0.580. The first kappa shape index (κ1) is 15.7. The van der Waals surface area contributed by atoms with Crippen LogP contribution in [0, 0.1) is 0 Å². The lowest BCUT2D eigenvalue weighted by atomic mass is 10.2. The number of hydrogen-bond donors (Lipinski definition) is 1. The molecule has 0 aromatic carbocycles. The fraction of sp³-hybridized carbons (Fsp3) is 0.455. The summed E-state index contributed by atoms with van der Waals surface area (Å²) in [6, 6.07) is 0. The fourth-order valence-corrected chi connectivity index (χ4v) is 0.624. The van der Waals surface area contributed by atoms with Crippen LogP contribution in [0.4, 0.5) is 0 Å². The molecule has 0 atom stereocenters. The van der Waals surface area contributed by atoms with E-state index in [2.05, 4.69) is 27.0 Å². The summed E-state index contributed by atoms with van der Waals surface area (Å²) in [7, 11) is 1.52. The molecule has 0 saturated carbocycles. The summed E-state index contributed by atoms with van der Waals surface area (Å²) in [5, 5.41) is 0.349. The summed E-state index contributed by atoms with van der Waals surface area (Å²) in [6.07, 6.45) is 2.91. The van der Waals surface area contributed by atoms with Gasteiger partial charge in [-0.2, -0.15) is 0 Å². The van der Waals surface area contributed by atoms with Crippen LogP contribution < -0.4 is 5.73 Å². The van der Waals surface area contributed by atoms with Crippen molar-refractivity contribution < 1.29 is 4.74 Å². The molecule has 0 fully saturated rings. The Labute approximate surface area is 92.1 Å². The van der Waals surface area contributed by atoms with Crippen molar-refractivity contribution in [3.8, 4) is 0 Å². The molecule has 82 valence electrons. The van der Waals surface area contributed by atoms with E-state index in [0.29, 0.717) is 17.3 Å². The molecule has 0 saturated heterocycles. The van der Waals surface area contributed by atoms with E-state index in [1.54, 1.807) is 6.08 Å². The predicted molar refractivity (Wildman–Crippen MR) is 64.2 cm³/mol. The number of allylic oxidation sites excluding steroid dienone is 1. The van der Waals surface area contributed by atoms with Gasteiger partial charge in [0, 0.05) is 6.54 Å². The third kappa shape index (κ3) is 9.36. The maximum absolute atomic E-state index is 5.58. The van der Waals surface area contributed by atoms with Crippen molar-refractivity contribution in [1.29, 1.82) is 0 Å². The van der Waals surface area contributed by atoms with Crippen LogP contribution in [-0.2, 0) is 4.74 Å². The van der Waals surface area contributed by atoms with Gasteiger partial charge in [-0.05, 0) is 11.6 Å². The highest BCUT2D eigenvalue weighted by Crippen LogP contribution is 2.13. The summed E-state index contributed by atoms with van der Waals surface area (Å²) in [5.74, 6) is 0.502. The van der Waals surface area contributed by atoms with Crippen molar-refractivity contribution in [3.05, 3.63) is 35.6 Å². The van der Waals surface area contributed by atoms with E-state index in [0.717, 1.165) is 5.57 Å². The lowest BCUT2D eigenvalue weighted by Gasteiger charge is -2.03. The van der Waals surface area contributed by atoms with Crippen molar-refractivity contribution in [2.75, 3.05) is 13.7 Å². The smallest absolute Gasteiger partial charge is 0.137 e. The van der Waals surface area contributed by atoms with Crippen molar-refractivity contribution >= 4 is 11.6 Å². The second kappa shape index (κ2) is 10.4. The zero-order valence-corrected chi connectivity index (χ0v) is 10.0. The molecule has 0 aromatic rings. The number of hydrogen-bond acceptors (Lipinski definition) is 2. The Balaban J connectivity index is 0. The molecule has 0 heterocycles. The summed E-state index contributed by atoms with van der Waals surface area (Å²) in [6.45, 7) is 11.8. The summed E-state index contributed by atoms with van der Waals surface area (Å²) >= 11 is 5.58. The van der Waals surface area contributed by atoms with E-state index < -0.39 is 0 Å². The van der Waals surface area contributed by atoms with E-state index in [1.165, 1.54) is 13.5 Å². The maximum Gasteiger partial charge on any atom is 0.137 e. The van der Waals surface area contributed by atoms with E-state index in [1.807, 2.05) is 0 Å². The minimum Gasteiger partial charge on any atom is -0.495 e. The Morgan fingerprint density at radius 3 is 2.07 bits per heavy atom. The molecule has 0 radical (unpaired) electrons. The van der Waals surface area contributed by atoms with Crippen molar-refractivity contribution in [3.63, 3.8) is 0 Å². The molecule has 0 unspecified atom stereocenters. The molecule has 2 N–H and O–H groups in total. The van der Waals surface area contributed by atoms with E-state index in [-0.39, 0.29) is 0 Å². The van der Waals surface area contributed by atoms with Crippen molar-refractivity contribution in [2.45, 2.75) is 20.3 Å². The van der Waals surface area contributed by atoms with Gasteiger partial charge in [-0.15, -0.1) is 0 Å². The Morgan fingerprint density at radius 2 is 1.86 bits per heavy atom. The average Bonchev–Trinajstić information content (AvgIpc) is 2.14. The van der Waals surface area contributed by atoms with Crippen LogP contribution in [-0.4, -0.2) is 13.7 Å². The summed E-state index contributed by atoms with van der Waals surface area (Å²) in [5.41, 5.74) is 6.06. The first-order valence-corrected chi connectivity index (χ1v) is 4.89. The molecular weight excluding hydrogens is 198 g/mol. The summed E-state index contributed by atoms with van der Waals surface area (Å²) in [4.78, 5) is 0. The molecule has 2 nitrogen and oxygen atoms in total. The van der Waals surface area contributed by atoms with Crippen molar-refractivity contribution in [1.82, 2.24) is 0 Å². The summed E-state index contributed by atoms with van der Waals surface area (Å²) < 4.78 is 4.90. The Morgan fingerprint density at radius 1 is 1.43 bits per heavy atom. The molecule has 0 spiro atoms. The molecular formula is C11H20ClNO. The van der Waals surface area contributed by atoms with Crippen LogP contribution >= 0.6 is 11.6 Å². The normalized spacial score (nSPS) is 9.93. The minimum absolute atomic E-state index is 0.349. The number of halogens is 1. The predicted octanol–water partition coefficient (Wildman–Crippen LogP) is 3.20. The molecule has 0 aliphatic carbocycles. The maximum atomic E-state index is 5.58. The molecule has 14 heavy (non-hydrogen) atoms. The molecule has 0 amide bonds. The molecule has 0 aliphatic rings. The fourth-order valence-electron chi connectivity index (χ4n) is 0.492. The standard InChI is InChI=1S/C8H12ClNO.C3H8/c1-6(5-10)4-8(11-3)7(2)9;1-3-2/h4H,1-2,5,10H2,3H3;3H2,1-2H3/b8-4+;. The van der Waals surface area contributed by atoms with Crippen LogP contribution in [0.3, 0.4) is 0 Å². The number of methoxy groups -OCH3 is 1. The van der Waals surface area contributed by atoms with Gasteiger partial charge >= 0.3 is 0 Å². The first-order chi connectivity index (χ1) is 6.53. The van der Waals surface area contributed by atoms with E-state index in [4.69, 9.17) is 22.1 Å². The highest BCUT2D eigenvalue weighted by molar-refractivity contribution is 6.31. The van der Waals surface area contributed by atoms with Crippen LogP contribution in [0.1, 0.15) is 20.3 Å². The molecule has 0 aliphatic heterocycles. The van der Waals surface area contributed by atoms with Crippen LogP contribution in [0.5, 0.6) is 0 Å². The molecule has 0 rings (SSSR count). The minimum atomic E-state index is 0.349. The topological polar surface area (TPSA) is 35.2 Å². The van der Waals surface area contributed by atoms with Gasteiger partial charge in [0.1, 0.15) is 5.76 Å². The van der Waals surface area contributed by atoms with Crippen molar-refractivity contribution in [2.24, 2.45) is 5.73 Å². The second-order valence-corrected chi connectivity index (χ2v) is 3.14. The zero-order valence-electron chi connectivity index (χ0n) is 9.27. The molecule has 3 heteroatoms. The lowest BCUT2D eigenvalue weighted by Crippen LogP contribution is -2.00. The van der Waals surface area contributed by atoms with Gasteiger partial charge in [0.15, 0.2) is 0 Å². The lowest BCUT2D eigenvalue weighted by molar-refractivity contribution is 0.304. The Kier molecular flexibility index (Phi) is 11.6. The zero-order chi connectivity index (χ0) is 11.6. The van der Waals surface area contributed by atoms with Crippen LogP contribution in [0.15, 0.2) is 35.6 Å². The number of ether oxygens (including phenoxy) is 1. The van der Waals surface area contributed by atoms with E-state index >= 15 is 0 Å². The van der Waals surface area contributed by atoms with Gasteiger partial charge in [-0.1, -0.05) is 45.0 Å². The van der Waals surface area contributed by atoms with Crippen LogP contribution in [0.25, 0.3) is 0 Å². The van der Waals surface area contributed by atoms with Crippen LogP contribution in [0.2, 0.25) is 0 Å². The highest BCUT2D eigenvalue weighted by atomic mass is 35.5. The van der Waals surface area contributed by atoms with Gasteiger partial charge in [0.25, 0.3) is 0 Å². The second-order valence-electron chi connectivity index (χ2n) is 2.69. The molecule has 0 aromatic heterocycles. The number of nitrogens with two attached hydrogens (primary N) is 1. The van der Waals surface area contributed by atoms with Gasteiger partial charge in [-0.25, -0.2) is 0 Å². The van der Waals surface area contributed by atoms with Gasteiger partial charge in [0.2, 0.25) is 0 Å². The first-order valence-electron chi connectivity index (χ1n) is 4.51. The largest absolute Gasteiger partial charge is 0.495 e. The molecule has 0 bridgehead atoms. The van der Waals surface area contributed by atoms with Gasteiger partial charge < -0.3 is 10.5 Å². The average molecular weight is 218 g/mol.